The smallest absolute Gasteiger partial charge is 0.163 e. The van der Waals surface area contributed by atoms with Gasteiger partial charge in [0.1, 0.15) is 0 Å². The maximum absolute atomic E-state index is 11.6. The standard InChI is InChI=1S/C12H14O/c1-8-7-12(13)11-6-4-3-5-10(11)9(8)2/h3-6,8-9H,7H2,1-2H3/t8-,9-/m0/s1. The molecular formula is C12H14O. The van der Waals surface area contributed by atoms with E-state index in [4.69, 9.17) is 0 Å². The van der Waals surface area contributed by atoms with Gasteiger partial charge in [0, 0.05) is 12.0 Å². The number of ketones is 1. The number of carbonyl (C=O) groups excluding carboxylic acids is 1. The van der Waals surface area contributed by atoms with Crippen molar-refractivity contribution in [2.75, 3.05) is 0 Å². The van der Waals surface area contributed by atoms with E-state index < -0.39 is 0 Å². The summed E-state index contributed by atoms with van der Waals surface area (Å²) in [5.74, 6) is 1.32. The van der Waals surface area contributed by atoms with Gasteiger partial charge >= 0.3 is 0 Å². The molecule has 0 heterocycles. The molecule has 1 aromatic rings. The molecule has 13 heavy (non-hydrogen) atoms. The second kappa shape index (κ2) is 2.99. The molecule has 0 saturated carbocycles. The van der Waals surface area contributed by atoms with E-state index in [2.05, 4.69) is 19.9 Å². The number of fused-ring (bicyclic) bond motifs is 1. The van der Waals surface area contributed by atoms with Crippen LogP contribution in [0.15, 0.2) is 24.3 Å². The zero-order valence-electron chi connectivity index (χ0n) is 8.08. The summed E-state index contributed by atoms with van der Waals surface area (Å²) in [5, 5.41) is 0. The van der Waals surface area contributed by atoms with Crippen molar-refractivity contribution in [3.05, 3.63) is 35.4 Å². The van der Waals surface area contributed by atoms with Gasteiger partial charge in [0.25, 0.3) is 0 Å². The molecular weight excluding hydrogens is 160 g/mol. The molecule has 2 atom stereocenters. The number of rotatable bonds is 0. The summed E-state index contributed by atoms with van der Waals surface area (Å²) < 4.78 is 0. The highest BCUT2D eigenvalue weighted by Gasteiger charge is 2.27. The number of Topliss-reactive ketones (excluding diaryl/α,β-unsaturated/α-hetero) is 1. The van der Waals surface area contributed by atoms with E-state index in [1.165, 1.54) is 5.56 Å². The number of hydrogen-bond donors (Lipinski definition) is 0. The third-order valence-electron chi connectivity index (χ3n) is 3.11. The van der Waals surface area contributed by atoms with Gasteiger partial charge < -0.3 is 0 Å². The van der Waals surface area contributed by atoms with Crippen LogP contribution >= 0.6 is 0 Å². The molecule has 0 unspecified atom stereocenters. The largest absolute Gasteiger partial charge is 0.294 e. The van der Waals surface area contributed by atoms with Gasteiger partial charge in [-0.25, -0.2) is 0 Å². The van der Waals surface area contributed by atoms with Crippen LogP contribution in [0.4, 0.5) is 0 Å². The lowest BCUT2D eigenvalue weighted by atomic mass is 9.76. The second-order valence-corrected chi connectivity index (χ2v) is 3.98. The first-order valence-electron chi connectivity index (χ1n) is 4.82. The van der Waals surface area contributed by atoms with Crippen molar-refractivity contribution in [1.29, 1.82) is 0 Å². The van der Waals surface area contributed by atoms with Crippen molar-refractivity contribution >= 4 is 5.78 Å². The average molecular weight is 174 g/mol. The third-order valence-corrected chi connectivity index (χ3v) is 3.11. The minimum Gasteiger partial charge on any atom is -0.294 e. The molecule has 0 radical (unpaired) electrons. The van der Waals surface area contributed by atoms with E-state index in [1.54, 1.807) is 0 Å². The van der Waals surface area contributed by atoms with Crippen LogP contribution in [-0.4, -0.2) is 5.78 Å². The van der Waals surface area contributed by atoms with Gasteiger partial charge in [-0.2, -0.15) is 0 Å². The summed E-state index contributed by atoms with van der Waals surface area (Å²) in [7, 11) is 0. The lowest BCUT2D eigenvalue weighted by molar-refractivity contribution is 0.0944. The van der Waals surface area contributed by atoms with Gasteiger partial charge in [-0.3, -0.25) is 4.79 Å². The topological polar surface area (TPSA) is 17.1 Å². The van der Waals surface area contributed by atoms with Crippen LogP contribution in [0.5, 0.6) is 0 Å². The molecule has 0 fully saturated rings. The van der Waals surface area contributed by atoms with Gasteiger partial charge in [-0.15, -0.1) is 0 Å². The predicted octanol–water partition coefficient (Wildman–Crippen LogP) is 3.01. The van der Waals surface area contributed by atoms with E-state index in [0.717, 1.165) is 5.56 Å². The normalized spacial score (nSPS) is 27.1. The lowest BCUT2D eigenvalue weighted by Crippen LogP contribution is -2.21. The molecule has 0 bridgehead atoms. The predicted molar refractivity (Wildman–Crippen MR) is 53.0 cm³/mol. The van der Waals surface area contributed by atoms with E-state index in [-0.39, 0.29) is 0 Å². The van der Waals surface area contributed by atoms with E-state index >= 15 is 0 Å². The van der Waals surface area contributed by atoms with Crippen LogP contribution in [-0.2, 0) is 0 Å². The van der Waals surface area contributed by atoms with Crippen LogP contribution in [0.25, 0.3) is 0 Å². The Hall–Kier alpha value is -1.11. The summed E-state index contributed by atoms with van der Waals surface area (Å²) >= 11 is 0. The number of hydrogen-bond acceptors (Lipinski definition) is 1. The molecule has 68 valence electrons. The fourth-order valence-corrected chi connectivity index (χ4v) is 2.03. The first-order valence-corrected chi connectivity index (χ1v) is 4.82. The zero-order valence-corrected chi connectivity index (χ0v) is 8.08. The molecule has 1 heteroatoms. The summed E-state index contributed by atoms with van der Waals surface area (Å²) in [5.41, 5.74) is 2.17. The van der Waals surface area contributed by atoms with Crippen molar-refractivity contribution < 1.29 is 4.79 Å². The molecule has 1 aliphatic rings. The van der Waals surface area contributed by atoms with Crippen LogP contribution in [0.2, 0.25) is 0 Å². The van der Waals surface area contributed by atoms with Crippen LogP contribution < -0.4 is 0 Å². The van der Waals surface area contributed by atoms with Crippen molar-refractivity contribution in [3.8, 4) is 0 Å². The molecule has 0 aliphatic heterocycles. The fourth-order valence-electron chi connectivity index (χ4n) is 2.03. The van der Waals surface area contributed by atoms with Crippen LogP contribution in [0, 0.1) is 5.92 Å². The Bertz CT molecular complexity index is 341. The summed E-state index contributed by atoms with van der Waals surface area (Å²) in [6, 6.07) is 7.98. The fraction of sp³-hybridized carbons (Fsp3) is 0.417. The van der Waals surface area contributed by atoms with Gasteiger partial charge in [0.05, 0.1) is 0 Å². The highest BCUT2D eigenvalue weighted by Crippen LogP contribution is 2.34. The molecule has 0 spiro atoms. The maximum atomic E-state index is 11.6. The Morgan fingerprint density at radius 1 is 1.23 bits per heavy atom. The highest BCUT2D eigenvalue weighted by molar-refractivity contribution is 5.98. The van der Waals surface area contributed by atoms with Crippen molar-refractivity contribution in [1.82, 2.24) is 0 Å². The third kappa shape index (κ3) is 1.28. The quantitative estimate of drug-likeness (QED) is 0.591. The maximum Gasteiger partial charge on any atom is 0.163 e. The molecule has 2 rings (SSSR count). The van der Waals surface area contributed by atoms with E-state index in [9.17, 15) is 4.79 Å². The van der Waals surface area contributed by atoms with Gasteiger partial charge in [0.15, 0.2) is 5.78 Å². The van der Waals surface area contributed by atoms with Crippen molar-refractivity contribution in [3.63, 3.8) is 0 Å². The molecule has 0 saturated heterocycles. The Morgan fingerprint density at radius 2 is 1.92 bits per heavy atom. The van der Waals surface area contributed by atoms with Crippen molar-refractivity contribution in [2.45, 2.75) is 26.2 Å². The summed E-state index contributed by atoms with van der Waals surface area (Å²) in [4.78, 5) is 11.6. The second-order valence-electron chi connectivity index (χ2n) is 3.98. The molecule has 1 nitrogen and oxygen atoms in total. The van der Waals surface area contributed by atoms with Crippen LogP contribution in [0.1, 0.15) is 42.1 Å². The Kier molecular flexibility index (Phi) is 1.95. The van der Waals surface area contributed by atoms with E-state index in [0.29, 0.717) is 24.0 Å². The molecule has 1 aliphatic carbocycles. The minimum atomic E-state index is 0.307. The van der Waals surface area contributed by atoms with Gasteiger partial charge in [0.2, 0.25) is 0 Å². The average Bonchev–Trinajstić information content (AvgIpc) is 2.15. The monoisotopic (exact) mass is 174 g/mol. The minimum absolute atomic E-state index is 0.307. The number of benzene rings is 1. The molecule has 0 amide bonds. The zero-order chi connectivity index (χ0) is 9.42. The van der Waals surface area contributed by atoms with Gasteiger partial charge in [-0.05, 0) is 17.4 Å². The lowest BCUT2D eigenvalue weighted by Gasteiger charge is -2.27. The summed E-state index contributed by atoms with van der Waals surface area (Å²) in [6.45, 7) is 4.36. The Labute approximate surface area is 78.8 Å². The Balaban J connectivity index is 2.53. The molecule has 0 aromatic heterocycles. The van der Waals surface area contributed by atoms with Crippen LogP contribution in [0.3, 0.4) is 0 Å². The van der Waals surface area contributed by atoms with E-state index in [1.807, 2.05) is 18.2 Å². The Morgan fingerprint density at radius 3 is 2.69 bits per heavy atom. The summed E-state index contributed by atoms with van der Waals surface area (Å²) in [6.07, 6.45) is 0.707. The van der Waals surface area contributed by atoms with Gasteiger partial charge in [-0.1, -0.05) is 38.1 Å². The number of carbonyl (C=O) groups is 1. The van der Waals surface area contributed by atoms with Crippen molar-refractivity contribution in [2.24, 2.45) is 5.92 Å². The first-order chi connectivity index (χ1) is 6.20. The molecule has 0 N–H and O–H groups in total. The first kappa shape index (κ1) is 8.49. The highest BCUT2D eigenvalue weighted by atomic mass is 16.1. The SMILES string of the molecule is C[C@@H]1c2ccccc2C(=O)C[C@@H]1C. The molecule has 1 aromatic carbocycles.